The maximum absolute atomic E-state index is 12.4. The summed E-state index contributed by atoms with van der Waals surface area (Å²) in [5.74, 6) is 0. The normalized spacial score (nSPS) is 12.5. The van der Waals surface area contributed by atoms with Crippen LogP contribution < -0.4 is 10.5 Å². The first kappa shape index (κ1) is 14.4. The molecule has 0 amide bonds. The van der Waals surface area contributed by atoms with Gasteiger partial charge in [-0.25, -0.2) is 0 Å². The second-order valence-corrected chi connectivity index (χ2v) is 5.63. The van der Waals surface area contributed by atoms with Crippen molar-refractivity contribution in [2.24, 2.45) is 0 Å². The zero-order valence-corrected chi connectivity index (χ0v) is 12.8. The van der Waals surface area contributed by atoms with Gasteiger partial charge in [0.1, 0.15) is 12.1 Å². The molecule has 1 heterocycles. The van der Waals surface area contributed by atoms with E-state index in [0.29, 0.717) is 17.6 Å². The molecule has 0 radical (unpaired) electrons. The highest BCUT2D eigenvalue weighted by molar-refractivity contribution is 5.76. The van der Waals surface area contributed by atoms with Crippen molar-refractivity contribution in [1.29, 1.82) is 0 Å². The molecule has 0 aliphatic carbocycles. The minimum atomic E-state index is -0.0882. The Morgan fingerprint density at radius 2 is 1.82 bits per heavy atom. The summed E-state index contributed by atoms with van der Waals surface area (Å²) in [6.07, 6.45) is 0. The van der Waals surface area contributed by atoms with Crippen molar-refractivity contribution < 1.29 is 4.90 Å². The number of fused-ring (bicyclic) bond motifs is 1. The Balaban J connectivity index is 1.82. The molecule has 0 bridgehead atoms. The molecular weight excluding hydrogens is 276 g/mol. The summed E-state index contributed by atoms with van der Waals surface area (Å²) in [5, 5.41) is 8.78. The summed E-state index contributed by atoms with van der Waals surface area (Å²) in [4.78, 5) is 13.6. The van der Waals surface area contributed by atoms with Crippen LogP contribution in [0.3, 0.4) is 0 Å². The van der Waals surface area contributed by atoms with Crippen LogP contribution in [0.1, 0.15) is 11.1 Å². The molecule has 5 nitrogen and oxygen atoms in total. The molecule has 2 aromatic carbocycles. The molecular formula is C17H19N4O+. The lowest BCUT2D eigenvalue weighted by Gasteiger charge is -2.15. The SMILES string of the molecule is Cc1ccccc1C[NH+](C)Cn1nnc2ccccc2c1=O. The van der Waals surface area contributed by atoms with E-state index in [2.05, 4.69) is 36.4 Å². The number of nitrogens with zero attached hydrogens (tertiary/aromatic N) is 3. The van der Waals surface area contributed by atoms with Gasteiger partial charge in [0, 0.05) is 5.56 Å². The smallest absolute Gasteiger partial charge is 0.282 e. The van der Waals surface area contributed by atoms with Gasteiger partial charge in [-0.15, -0.1) is 5.10 Å². The predicted molar refractivity (Wildman–Crippen MR) is 85.6 cm³/mol. The fraction of sp³-hybridized carbons (Fsp3) is 0.235. The Bertz CT molecular complexity index is 856. The largest absolute Gasteiger partial charge is 0.315 e. The Hall–Kier alpha value is -2.53. The molecule has 5 heteroatoms. The Kier molecular flexibility index (Phi) is 3.98. The summed E-state index contributed by atoms with van der Waals surface area (Å²) in [5.41, 5.74) is 3.09. The molecule has 0 saturated carbocycles. The molecule has 22 heavy (non-hydrogen) atoms. The number of nitrogens with one attached hydrogen (secondary N) is 1. The van der Waals surface area contributed by atoms with Crippen LogP contribution in [0.2, 0.25) is 0 Å². The molecule has 0 spiro atoms. The van der Waals surface area contributed by atoms with Crippen molar-refractivity contribution in [2.45, 2.75) is 20.1 Å². The van der Waals surface area contributed by atoms with E-state index in [1.807, 2.05) is 24.3 Å². The van der Waals surface area contributed by atoms with Gasteiger partial charge in [-0.05, 0) is 24.6 Å². The van der Waals surface area contributed by atoms with E-state index in [-0.39, 0.29) is 5.56 Å². The molecule has 3 aromatic rings. The highest BCUT2D eigenvalue weighted by Crippen LogP contribution is 2.05. The van der Waals surface area contributed by atoms with E-state index in [4.69, 9.17) is 0 Å². The second-order valence-electron chi connectivity index (χ2n) is 5.63. The fourth-order valence-electron chi connectivity index (χ4n) is 2.57. The fourth-order valence-corrected chi connectivity index (χ4v) is 2.57. The monoisotopic (exact) mass is 295 g/mol. The van der Waals surface area contributed by atoms with Crippen molar-refractivity contribution in [3.8, 4) is 0 Å². The van der Waals surface area contributed by atoms with Gasteiger partial charge in [-0.2, -0.15) is 4.68 Å². The van der Waals surface area contributed by atoms with Crippen LogP contribution in [0.25, 0.3) is 10.9 Å². The number of aromatic nitrogens is 3. The summed E-state index contributed by atoms with van der Waals surface area (Å²) in [6.45, 7) is 3.43. The third-order valence-corrected chi connectivity index (χ3v) is 3.80. The lowest BCUT2D eigenvalue weighted by atomic mass is 10.1. The standard InChI is InChI=1S/C17H18N4O/c1-13-7-3-4-8-14(13)11-20(2)12-21-17(22)15-9-5-6-10-16(15)18-19-21/h3-10H,11-12H2,1-2H3/p+1. The number of rotatable bonds is 4. The summed E-state index contributed by atoms with van der Waals surface area (Å²) in [7, 11) is 2.05. The Morgan fingerprint density at radius 1 is 1.09 bits per heavy atom. The highest BCUT2D eigenvalue weighted by Gasteiger charge is 2.11. The topological polar surface area (TPSA) is 52.2 Å². The van der Waals surface area contributed by atoms with Crippen LogP contribution in [-0.4, -0.2) is 22.0 Å². The van der Waals surface area contributed by atoms with Crippen molar-refractivity contribution in [2.75, 3.05) is 7.05 Å². The molecule has 0 fully saturated rings. The van der Waals surface area contributed by atoms with Gasteiger partial charge in [0.2, 0.25) is 0 Å². The van der Waals surface area contributed by atoms with E-state index in [1.165, 1.54) is 20.7 Å². The van der Waals surface area contributed by atoms with Crippen LogP contribution >= 0.6 is 0 Å². The summed E-state index contributed by atoms with van der Waals surface area (Å²) in [6, 6.07) is 15.6. The first-order chi connectivity index (χ1) is 10.6. The molecule has 0 aliphatic rings. The maximum atomic E-state index is 12.4. The minimum absolute atomic E-state index is 0.0882. The molecule has 112 valence electrons. The average molecular weight is 295 g/mol. The maximum Gasteiger partial charge on any atom is 0.282 e. The van der Waals surface area contributed by atoms with Gasteiger partial charge in [-0.1, -0.05) is 41.6 Å². The molecule has 1 atom stereocenters. The molecule has 1 unspecified atom stereocenters. The Morgan fingerprint density at radius 3 is 2.64 bits per heavy atom. The first-order valence-corrected chi connectivity index (χ1v) is 7.33. The zero-order valence-electron chi connectivity index (χ0n) is 12.8. The van der Waals surface area contributed by atoms with Crippen LogP contribution in [0.5, 0.6) is 0 Å². The van der Waals surface area contributed by atoms with Crippen molar-refractivity contribution in [3.63, 3.8) is 0 Å². The van der Waals surface area contributed by atoms with Crippen molar-refractivity contribution in [3.05, 3.63) is 70.0 Å². The molecule has 3 rings (SSSR count). The molecule has 1 aromatic heterocycles. The van der Waals surface area contributed by atoms with E-state index in [9.17, 15) is 4.79 Å². The van der Waals surface area contributed by atoms with E-state index < -0.39 is 0 Å². The summed E-state index contributed by atoms with van der Waals surface area (Å²) >= 11 is 0. The van der Waals surface area contributed by atoms with Gasteiger partial charge < -0.3 is 4.90 Å². The number of hydrogen-bond donors (Lipinski definition) is 1. The number of quaternary nitrogens is 1. The van der Waals surface area contributed by atoms with Crippen LogP contribution in [0.15, 0.2) is 53.3 Å². The van der Waals surface area contributed by atoms with E-state index in [0.717, 1.165) is 6.54 Å². The minimum Gasteiger partial charge on any atom is -0.315 e. The number of hydrogen-bond acceptors (Lipinski definition) is 3. The third kappa shape index (κ3) is 2.89. The molecule has 0 aliphatic heterocycles. The molecule has 1 N–H and O–H groups in total. The lowest BCUT2D eigenvalue weighted by Crippen LogP contribution is -3.07. The summed E-state index contributed by atoms with van der Waals surface area (Å²) < 4.78 is 1.44. The van der Waals surface area contributed by atoms with Gasteiger partial charge in [0.15, 0.2) is 6.67 Å². The van der Waals surface area contributed by atoms with Crippen LogP contribution in [0.4, 0.5) is 0 Å². The van der Waals surface area contributed by atoms with Crippen LogP contribution in [-0.2, 0) is 13.2 Å². The number of aryl methyl sites for hydroxylation is 1. The second kappa shape index (κ2) is 6.07. The van der Waals surface area contributed by atoms with Crippen LogP contribution in [0, 0.1) is 6.92 Å². The quantitative estimate of drug-likeness (QED) is 0.773. The van der Waals surface area contributed by atoms with Gasteiger partial charge in [0.05, 0.1) is 12.4 Å². The van der Waals surface area contributed by atoms with Gasteiger partial charge in [0.25, 0.3) is 5.56 Å². The Labute approximate surface area is 128 Å². The molecule has 0 saturated heterocycles. The third-order valence-electron chi connectivity index (χ3n) is 3.80. The number of benzene rings is 2. The predicted octanol–water partition coefficient (Wildman–Crippen LogP) is 0.772. The van der Waals surface area contributed by atoms with Crippen molar-refractivity contribution >= 4 is 10.9 Å². The first-order valence-electron chi connectivity index (χ1n) is 7.33. The van der Waals surface area contributed by atoms with Gasteiger partial charge in [-0.3, -0.25) is 4.79 Å². The zero-order chi connectivity index (χ0) is 15.5. The van der Waals surface area contributed by atoms with Crippen molar-refractivity contribution in [1.82, 2.24) is 15.0 Å². The lowest BCUT2D eigenvalue weighted by molar-refractivity contribution is -0.917. The highest BCUT2D eigenvalue weighted by atomic mass is 16.1. The van der Waals surface area contributed by atoms with E-state index >= 15 is 0 Å². The van der Waals surface area contributed by atoms with E-state index in [1.54, 1.807) is 12.1 Å². The average Bonchev–Trinajstić information content (AvgIpc) is 2.53. The van der Waals surface area contributed by atoms with Gasteiger partial charge >= 0.3 is 0 Å².